The van der Waals surface area contributed by atoms with Crippen molar-refractivity contribution in [2.45, 2.75) is 19.5 Å². The number of anilines is 1. The van der Waals surface area contributed by atoms with Gasteiger partial charge in [-0.1, -0.05) is 6.07 Å². The Kier molecular flexibility index (Phi) is 6.76. The molecule has 0 spiro atoms. The molecule has 11 heteroatoms. The van der Waals surface area contributed by atoms with E-state index in [4.69, 9.17) is 19.6 Å². The molecular weight excluding hydrogens is 496 g/mol. The second-order valence-electron chi connectivity index (χ2n) is 9.69. The van der Waals surface area contributed by atoms with Gasteiger partial charge in [0.25, 0.3) is 0 Å². The first kappa shape index (κ1) is 25.1. The molecule has 5 aromatic heterocycles. The molecule has 39 heavy (non-hydrogen) atoms. The fourth-order valence-corrected chi connectivity index (χ4v) is 5.26. The fraction of sp³-hybridized carbons (Fsp3) is 0.357. The van der Waals surface area contributed by atoms with Crippen LogP contribution in [0.15, 0.2) is 55.1 Å². The molecule has 6 rings (SSSR count). The van der Waals surface area contributed by atoms with E-state index in [2.05, 4.69) is 25.9 Å². The average molecular weight is 529 g/mol. The van der Waals surface area contributed by atoms with Gasteiger partial charge >= 0.3 is 0 Å². The smallest absolute Gasteiger partial charge is 0.212 e. The zero-order valence-corrected chi connectivity index (χ0v) is 22.4. The number of hydrogen-bond donors (Lipinski definition) is 1. The lowest BCUT2D eigenvalue weighted by atomic mass is 10.1. The molecule has 0 amide bonds. The minimum absolute atomic E-state index is 0.00418. The molecule has 1 fully saturated rings. The number of piperazine rings is 1. The van der Waals surface area contributed by atoms with E-state index in [0.29, 0.717) is 19.0 Å². The van der Waals surface area contributed by atoms with E-state index in [1.165, 1.54) is 0 Å². The number of methoxy groups -OCH3 is 1. The number of ether oxygens (including phenoxy) is 2. The molecule has 0 bridgehead atoms. The average Bonchev–Trinajstić information content (AvgIpc) is 3.52. The van der Waals surface area contributed by atoms with Crippen molar-refractivity contribution in [3.8, 4) is 22.8 Å². The zero-order chi connectivity index (χ0) is 26.9. The van der Waals surface area contributed by atoms with Crippen molar-refractivity contribution in [3.05, 3.63) is 60.7 Å². The topological polar surface area (TPSA) is 106 Å². The van der Waals surface area contributed by atoms with Gasteiger partial charge in [-0.3, -0.25) is 4.90 Å². The fourth-order valence-electron chi connectivity index (χ4n) is 5.26. The first-order valence-corrected chi connectivity index (χ1v) is 13.1. The number of nitrogens with zero attached hydrogens (tertiary/aromatic N) is 8. The molecule has 5 aromatic rings. The molecule has 1 N–H and O–H groups in total. The number of aliphatic hydroxyl groups is 1. The van der Waals surface area contributed by atoms with E-state index >= 15 is 0 Å². The van der Waals surface area contributed by atoms with Crippen LogP contribution in [-0.4, -0.2) is 85.4 Å². The summed E-state index contributed by atoms with van der Waals surface area (Å²) >= 11 is 0. The summed E-state index contributed by atoms with van der Waals surface area (Å²) in [6.45, 7) is 5.65. The van der Waals surface area contributed by atoms with Crippen molar-refractivity contribution in [2.75, 3.05) is 44.9 Å². The van der Waals surface area contributed by atoms with Crippen molar-refractivity contribution in [1.82, 2.24) is 34.3 Å². The highest BCUT2D eigenvalue weighted by molar-refractivity contribution is 6.01. The van der Waals surface area contributed by atoms with Crippen LogP contribution >= 0.6 is 0 Å². The Morgan fingerprint density at radius 2 is 1.97 bits per heavy atom. The van der Waals surface area contributed by atoms with Crippen LogP contribution < -0.4 is 14.4 Å². The maximum atomic E-state index is 10.2. The van der Waals surface area contributed by atoms with Crippen LogP contribution in [0.3, 0.4) is 0 Å². The van der Waals surface area contributed by atoms with E-state index in [0.717, 1.165) is 64.4 Å². The number of hydrogen-bond acceptors (Lipinski definition) is 9. The third-order valence-electron chi connectivity index (χ3n) is 7.29. The molecular formula is C28H32N8O3. The summed E-state index contributed by atoms with van der Waals surface area (Å²) in [6, 6.07) is 10.1. The third-order valence-corrected chi connectivity index (χ3v) is 7.29. The number of aromatic nitrogens is 6. The Labute approximate surface area is 226 Å². The van der Waals surface area contributed by atoms with Gasteiger partial charge in [-0.25, -0.2) is 19.2 Å². The number of aryl methyl sites for hydroxylation is 1. The number of aliphatic hydroxyl groups excluding tert-OH is 1. The quantitative estimate of drug-likeness (QED) is 0.325. The van der Waals surface area contributed by atoms with Gasteiger partial charge < -0.3 is 19.5 Å². The highest BCUT2D eigenvalue weighted by Gasteiger charge is 2.27. The molecule has 0 aromatic carbocycles. The molecule has 1 atom stereocenters. The van der Waals surface area contributed by atoms with Crippen LogP contribution in [0, 0.1) is 0 Å². The molecule has 0 radical (unpaired) electrons. The highest BCUT2D eigenvalue weighted by Crippen LogP contribution is 2.34. The minimum Gasteiger partial charge on any atom is -0.492 e. The van der Waals surface area contributed by atoms with Crippen molar-refractivity contribution < 1.29 is 14.6 Å². The zero-order valence-electron chi connectivity index (χ0n) is 22.4. The Morgan fingerprint density at radius 3 is 2.69 bits per heavy atom. The second kappa shape index (κ2) is 10.5. The summed E-state index contributed by atoms with van der Waals surface area (Å²) in [6.07, 6.45) is 7.48. The standard InChI is InChI=1S/C28H32N8O3/c1-4-39-22-11-23(27-24-14-31-33(2)28(24)32-36(27)17-22)20-6-7-25(29-13-20)35-10-9-34(21(16-35)18-37)15-19-5-8-26(38-3)30-12-19/h5-8,11-14,17,21,37H,4,9-10,15-16,18H2,1-3H3. The van der Waals surface area contributed by atoms with Gasteiger partial charge in [0.15, 0.2) is 5.65 Å². The molecule has 0 aliphatic carbocycles. The van der Waals surface area contributed by atoms with E-state index in [9.17, 15) is 5.11 Å². The largest absolute Gasteiger partial charge is 0.492 e. The summed E-state index contributed by atoms with van der Waals surface area (Å²) in [4.78, 5) is 13.7. The molecule has 1 aliphatic rings. The SMILES string of the molecule is CCOc1cc(-c2ccc(N3CCN(Cc4ccc(OC)nc4)C(CO)C3)nc2)c2c3cnn(C)c3nn2c1. The molecule has 1 unspecified atom stereocenters. The first-order chi connectivity index (χ1) is 19.1. The molecule has 1 saturated heterocycles. The number of pyridine rings is 3. The second-order valence-corrected chi connectivity index (χ2v) is 9.69. The van der Waals surface area contributed by atoms with Crippen LogP contribution in [0.1, 0.15) is 12.5 Å². The Hall–Kier alpha value is -4.22. The van der Waals surface area contributed by atoms with E-state index in [1.54, 1.807) is 11.8 Å². The van der Waals surface area contributed by atoms with Crippen molar-refractivity contribution in [3.63, 3.8) is 0 Å². The first-order valence-electron chi connectivity index (χ1n) is 13.1. The summed E-state index contributed by atoms with van der Waals surface area (Å²) in [5, 5.41) is 20.3. The monoisotopic (exact) mass is 528 g/mol. The summed E-state index contributed by atoms with van der Waals surface area (Å²) in [5.74, 6) is 2.24. The molecule has 0 saturated carbocycles. The highest BCUT2D eigenvalue weighted by atomic mass is 16.5. The lowest BCUT2D eigenvalue weighted by Crippen LogP contribution is -2.54. The van der Waals surface area contributed by atoms with E-state index in [1.807, 2.05) is 67.5 Å². The summed E-state index contributed by atoms with van der Waals surface area (Å²) < 4.78 is 14.6. The van der Waals surface area contributed by atoms with Crippen LogP contribution in [0.2, 0.25) is 0 Å². The molecule has 6 heterocycles. The summed E-state index contributed by atoms with van der Waals surface area (Å²) in [7, 11) is 3.50. The number of fused-ring (bicyclic) bond motifs is 3. The Morgan fingerprint density at radius 1 is 1.08 bits per heavy atom. The van der Waals surface area contributed by atoms with Crippen LogP contribution in [-0.2, 0) is 13.6 Å². The third kappa shape index (κ3) is 4.75. The predicted octanol–water partition coefficient (Wildman–Crippen LogP) is 2.77. The van der Waals surface area contributed by atoms with Gasteiger partial charge in [0, 0.05) is 62.8 Å². The van der Waals surface area contributed by atoms with Crippen molar-refractivity contribution in [1.29, 1.82) is 0 Å². The Balaban J connectivity index is 1.24. The van der Waals surface area contributed by atoms with Gasteiger partial charge in [-0.2, -0.15) is 5.10 Å². The molecule has 11 nitrogen and oxygen atoms in total. The lowest BCUT2D eigenvalue weighted by molar-refractivity contribution is 0.105. The van der Waals surface area contributed by atoms with E-state index < -0.39 is 0 Å². The lowest BCUT2D eigenvalue weighted by Gasteiger charge is -2.41. The predicted molar refractivity (Wildman–Crippen MR) is 148 cm³/mol. The van der Waals surface area contributed by atoms with Crippen LogP contribution in [0.4, 0.5) is 5.82 Å². The van der Waals surface area contributed by atoms with Crippen molar-refractivity contribution >= 4 is 22.4 Å². The Bertz CT molecular complexity index is 1580. The van der Waals surface area contributed by atoms with Crippen molar-refractivity contribution in [2.24, 2.45) is 7.05 Å². The maximum Gasteiger partial charge on any atom is 0.212 e. The molecule has 1 aliphatic heterocycles. The van der Waals surface area contributed by atoms with Crippen LogP contribution in [0.5, 0.6) is 11.6 Å². The number of rotatable bonds is 8. The molecule has 202 valence electrons. The van der Waals surface area contributed by atoms with Gasteiger partial charge in [-0.15, -0.1) is 5.10 Å². The maximum absolute atomic E-state index is 10.2. The minimum atomic E-state index is -0.00418. The van der Waals surface area contributed by atoms with E-state index in [-0.39, 0.29) is 12.6 Å². The van der Waals surface area contributed by atoms with Gasteiger partial charge in [-0.05, 0) is 30.7 Å². The van der Waals surface area contributed by atoms with Crippen LogP contribution in [0.25, 0.3) is 27.7 Å². The van der Waals surface area contributed by atoms with Gasteiger partial charge in [0.1, 0.15) is 11.6 Å². The normalized spacial score (nSPS) is 16.3. The van der Waals surface area contributed by atoms with Gasteiger partial charge in [0.05, 0.1) is 49.7 Å². The summed E-state index contributed by atoms with van der Waals surface area (Å²) in [5.41, 5.74) is 4.83. The van der Waals surface area contributed by atoms with Gasteiger partial charge in [0.2, 0.25) is 5.88 Å².